The standard InChI is InChI=1S/C14H16ClNO5S3/c1-10-12(15)4-3-5-14(10)24(19,20)16-13-9-22-8-11(13)6-7-23(17,18)21-2/h3-5,8-9,16H,6-7H2,1-2H3. The summed E-state index contributed by atoms with van der Waals surface area (Å²) in [6.45, 7) is 1.62. The highest BCUT2D eigenvalue weighted by Gasteiger charge is 2.20. The molecule has 0 spiro atoms. The molecular formula is C14H16ClNO5S3. The minimum Gasteiger partial charge on any atom is -0.278 e. The maximum absolute atomic E-state index is 12.6. The molecule has 0 aliphatic carbocycles. The number of aryl methyl sites for hydroxylation is 1. The first-order valence-electron chi connectivity index (χ1n) is 6.77. The minimum atomic E-state index is -3.83. The molecule has 0 saturated carbocycles. The monoisotopic (exact) mass is 409 g/mol. The summed E-state index contributed by atoms with van der Waals surface area (Å²) in [5, 5.41) is 3.68. The van der Waals surface area contributed by atoms with Crippen molar-refractivity contribution in [3.05, 3.63) is 45.1 Å². The Kier molecular flexibility index (Phi) is 5.92. The second-order valence-corrected chi connectivity index (χ2v) is 9.62. The smallest absolute Gasteiger partial charge is 0.267 e. The summed E-state index contributed by atoms with van der Waals surface area (Å²) in [6, 6.07) is 4.64. The molecule has 0 fully saturated rings. The zero-order valence-corrected chi connectivity index (χ0v) is 16.2. The van der Waals surface area contributed by atoms with E-state index in [1.807, 2.05) is 0 Å². The average molecular weight is 410 g/mol. The fraction of sp³-hybridized carbons (Fsp3) is 0.286. The third-order valence-corrected chi connectivity index (χ3v) is 7.29. The van der Waals surface area contributed by atoms with Crippen LogP contribution < -0.4 is 4.72 Å². The van der Waals surface area contributed by atoms with Crippen molar-refractivity contribution in [3.8, 4) is 0 Å². The van der Waals surface area contributed by atoms with Gasteiger partial charge in [-0.05, 0) is 42.0 Å². The summed E-state index contributed by atoms with van der Waals surface area (Å²) in [4.78, 5) is 0.0802. The van der Waals surface area contributed by atoms with E-state index in [1.54, 1.807) is 29.8 Å². The molecule has 10 heteroatoms. The highest BCUT2D eigenvalue weighted by molar-refractivity contribution is 7.92. The number of hydrogen-bond acceptors (Lipinski definition) is 6. The second kappa shape index (κ2) is 7.40. The molecular weight excluding hydrogens is 394 g/mol. The van der Waals surface area contributed by atoms with E-state index in [4.69, 9.17) is 11.6 Å². The zero-order valence-electron chi connectivity index (χ0n) is 12.9. The van der Waals surface area contributed by atoms with Crippen molar-refractivity contribution in [1.82, 2.24) is 0 Å². The third kappa shape index (κ3) is 4.48. The van der Waals surface area contributed by atoms with Crippen LogP contribution in [0.5, 0.6) is 0 Å². The number of halogens is 1. The Morgan fingerprint density at radius 3 is 2.58 bits per heavy atom. The molecule has 6 nitrogen and oxygen atoms in total. The van der Waals surface area contributed by atoms with Gasteiger partial charge in [-0.25, -0.2) is 8.42 Å². The van der Waals surface area contributed by atoms with Gasteiger partial charge < -0.3 is 0 Å². The largest absolute Gasteiger partial charge is 0.278 e. The molecule has 1 aromatic heterocycles. The second-order valence-electron chi connectivity index (χ2n) is 4.96. The van der Waals surface area contributed by atoms with Crippen LogP contribution in [-0.2, 0) is 30.7 Å². The highest BCUT2D eigenvalue weighted by atomic mass is 35.5. The van der Waals surface area contributed by atoms with Gasteiger partial charge >= 0.3 is 0 Å². The lowest BCUT2D eigenvalue weighted by Gasteiger charge is -2.12. The Balaban J connectivity index is 2.26. The Labute approximate surface area is 150 Å². The quantitative estimate of drug-likeness (QED) is 0.710. The van der Waals surface area contributed by atoms with E-state index in [-0.39, 0.29) is 17.1 Å². The summed E-state index contributed by atoms with van der Waals surface area (Å²) in [7, 11) is -6.35. The maximum atomic E-state index is 12.6. The van der Waals surface area contributed by atoms with Gasteiger partial charge in [0.25, 0.3) is 20.1 Å². The van der Waals surface area contributed by atoms with Crippen molar-refractivity contribution in [2.45, 2.75) is 18.2 Å². The van der Waals surface area contributed by atoms with Crippen LogP contribution in [-0.4, -0.2) is 29.7 Å². The van der Waals surface area contributed by atoms with E-state index in [0.29, 0.717) is 21.8 Å². The van der Waals surface area contributed by atoms with E-state index in [1.165, 1.54) is 17.4 Å². The molecule has 0 bridgehead atoms. The van der Waals surface area contributed by atoms with Gasteiger partial charge in [0.05, 0.1) is 23.4 Å². The molecule has 1 heterocycles. The number of hydrogen-bond donors (Lipinski definition) is 1. The Hall–Kier alpha value is -1.13. The van der Waals surface area contributed by atoms with E-state index >= 15 is 0 Å². The molecule has 24 heavy (non-hydrogen) atoms. The Morgan fingerprint density at radius 1 is 1.21 bits per heavy atom. The molecule has 1 aromatic carbocycles. The predicted octanol–water partition coefficient (Wildman–Crippen LogP) is 3.03. The fourth-order valence-electron chi connectivity index (χ4n) is 2.00. The fourth-order valence-corrected chi connectivity index (χ4v) is 5.13. The number of thiophene rings is 1. The summed E-state index contributed by atoms with van der Waals surface area (Å²) < 4.78 is 54.9. The first kappa shape index (κ1) is 19.2. The van der Waals surface area contributed by atoms with Gasteiger partial charge in [-0.3, -0.25) is 8.91 Å². The predicted molar refractivity (Wildman–Crippen MR) is 95.8 cm³/mol. The van der Waals surface area contributed by atoms with Gasteiger partial charge in [-0.1, -0.05) is 17.7 Å². The van der Waals surface area contributed by atoms with Gasteiger partial charge in [0.2, 0.25) is 0 Å². The van der Waals surface area contributed by atoms with Crippen LogP contribution in [0.3, 0.4) is 0 Å². The lowest BCUT2D eigenvalue weighted by molar-refractivity contribution is 0.397. The lowest BCUT2D eigenvalue weighted by Crippen LogP contribution is -2.16. The van der Waals surface area contributed by atoms with E-state index in [0.717, 1.165) is 7.11 Å². The van der Waals surface area contributed by atoms with Crippen molar-refractivity contribution < 1.29 is 21.0 Å². The van der Waals surface area contributed by atoms with Crippen LogP contribution in [0, 0.1) is 6.92 Å². The number of nitrogens with one attached hydrogen (secondary N) is 1. The first-order valence-corrected chi connectivity index (χ1v) is 11.2. The van der Waals surface area contributed by atoms with Crippen LogP contribution in [0.25, 0.3) is 0 Å². The Morgan fingerprint density at radius 2 is 1.92 bits per heavy atom. The van der Waals surface area contributed by atoms with Crippen molar-refractivity contribution in [2.24, 2.45) is 0 Å². The van der Waals surface area contributed by atoms with Crippen LogP contribution in [0.1, 0.15) is 11.1 Å². The first-order chi connectivity index (χ1) is 11.2. The average Bonchev–Trinajstić information content (AvgIpc) is 2.94. The SMILES string of the molecule is COS(=O)(=O)CCc1cscc1NS(=O)(=O)c1cccc(Cl)c1C. The molecule has 2 rings (SSSR count). The van der Waals surface area contributed by atoms with Crippen LogP contribution in [0.4, 0.5) is 5.69 Å². The van der Waals surface area contributed by atoms with Gasteiger partial charge in [0.15, 0.2) is 0 Å². The highest BCUT2D eigenvalue weighted by Crippen LogP contribution is 2.28. The number of rotatable bonds is 7. The summed E-state index contributed by atoms with van der Waals surface area (Å²) in [5.41, 5.74) is 1.39. The van der Waals surface area contributed by atoms with Gasteiger partial charge in [-0.15, -0.1) is 11.3 Å². The topological polar surface area (TPSA) is 89.5 Å². The minimum absolute atomic E-state index is 0.0802. The van der Waals surface area contributed by atoms with Crippen molar-refractivity contribution in [2.75, 3.05) is 17.6 Å². The molecule has 0 saturated heterocycles. The third-order valence-electron chi connectivity index (χ3n) is 3.37. The molecule has 1 N–H and O–H groups in total. The van der Waals surface area contributed by atoms with Crippen LogP contribution in [0.2, 0.25) is 5.02 Å². The molecule has 132 valence electrons. The van der Waals surface area contributed by atoms with E-state index < -0.39 is 20.1 Å². The molecule has 0 aliphatic rings. The van der Waals surface area contributed by atoms with Gasteiger partial charge in [-0.2, -0.15) is 8.42 Å². The molecule has 2 aromatic rings. The van der Waals surface area contributed by atoms with Gasteiger partial charge in [0, 0.05) is 10.4 Å². The summed E-state index contributed by atoms with van der Waals surface area (Å²) >= 11 is 7.26. The molecule has 0 radical (unpaired) electrons. The molecule has 0 unspecified atom stereocenters. The molecule has 0 amide bonds. The van der Waals surface area contributed by atoms with Gasteiger partial charge in [0.1, 0.15) is 0 Å². The lowest BCUT2D eigenvalue weighted by atomic mass is 10.2. The number of benzene rings is 1. The normalized spacial score (nSPS) is 12.3. The van der Waals surface area contributed by atoms with Crippen LogP contribution >= 0.6 is 22.9 Å². The maximum Gasteiger partial charge on any atom is 0.267 e. The summed E-state index contributed by atoms with van der Waals surface area (Å²) in [5.74, 6) is -0.231. The number of sulfonamides is 1. The summed E-state index contributed by atoms with van der Waals surface area (Å²) in [6.07, 6.45) is 0.145. The van der Waals surface area contributed by atoms with E-state index in [9.17, 15) is 16.8 Å². The number of anilines is 1. The van der Waals surface area contributed by atoms with E-state index in [2.05, 4.69) is 8.91 Å². The zero-order chi connectivity index (χ0) is 18.0. The van der Waals surface area contributed by atoms with Crippen molar-refractivity contribution in [3.63, 3.8) is 0 Å². The molecule has 0 atom stereocenters. The Bertz CT molecular complexity index is 935. The van der Waals surface area contributed by atoms with Crippen LogP contribution in [0.15, 0.2) is 33.9 Å². The molecule has 0 aliphatic heterocycles. The van der Waals surface area contributed by atoms with Crippen molar-refractivity contribution >= 4 is 48.8 Å². The van der Waals surface area contributed by atoms with Crippen molar-refractivity contribution in [1.29, 1.82) is 0 Å².